The monoisotopic (exact) mass is 383 g/mol. The molecule has 3 aromatic carbocycles. The number of fused-ring (bicyclic) bond motifs is 1. The van der Waals surface area contributed by atoms with Gasteiger partial charge in [0, 0.05) is 48.2 Å². The van der Waals surface area contributed by atoms with Crippen LogP contribution in [0.15, 0.2) is 83.8 Å². The molecule has 0 unspecified atom stereocenters. The van der Waals surface area contributed by atoms with Crippen molar-refractivity contribution in [2.45, 2.75) is 0 Å². The maximum absolute atomic E-state index is 12.5. The zero-order valence-electron chi connectivity index (χ0n) is 16.3. The van der Waals surface area contributed by atoms with Crippen molar-refractivity contribution in [3.63, 3.8) is 0 Å². The van der Waals surface area contributed by atoms with Crippen LogP contribution in [0, 0.1) is 0 Å². The van der Waals surface area contributed by atoms with Crippen molar-refractivity contribution in [3.8, 4) is 11.1 Å². The highest BCUT2D eigenvalue weighted by atomic mass is 16.1. The number of nitrogens with zero attached hydrogens (tertiary/aromatic N) is 1. The van der Waals surface area contributed by atoms with Gasteiger partial charge >= 0.3 is 0 Å². The quantitative estimate of drug-likeness (QED) is 0.545. The number of rotatable bonds is 4. The summed E-state index contributed by atoms with van der Waals surface area (Å²) in [7, 11) is 3.92. The van der Waals surface area contributed by atoms with Crippen LogP contribution in [0.1, 0.15) is 10.4 Å². The van der Waals surface area contributed by atoms with Gasteiger partial charge < -0.3 is 15.2 Å². The summed E-state index contributed by atoms with van der Waals surface area (Å²) in [5.41, 5.74) is 4.16. The molecule has 0 aliphatic carbocycles. The molecular weight excluding hydrogens is 362 g/mol. The first-order valence-corrected chi connectivity index (χ1v) is 9.32. The summed E-state index contributed by atoms with van der Waals surface area (Å²) in [6.07, 6.45) is 1.73. The Morgan fingerprint density at radius 3 is 2.17 bits per heavy atom. The molecule has 5 heteroatoms. The lowest BCUT2D eigenvalue weighted by atomic mass is 10.0. The van der Waals surface area contributed by atoms with Crippen LogP contribution in [-0.4, -0.2) is 25.0 Å². The molecule has 5 nitrogen and oxygen atoms in total. The highest BCUT2D eigenvalue weighted by Gasteiger charge is 2.09. The molecule has 29 heavy (non-hydrogen) atoms. The average molecular weight is 383 g/mol. The van der Waals surface area contributed by atoms with E-state index in [-0.39, 0.29) is 11.5 Å². The minimum atomic E-state index is -0.155. The predicted molar refractivity (Wildman–Crippen MR) is 119 cm³/mol. The predicted octanol–water partition coefficient (Wildman–Crippen LogP) is 4.51. The van der Waals surface area contributed by atoms with Crippen LogP contribution in [0.2, 0.25) is 0 Å². The lowest BCUT2D eigenvalue weighted by Gasteiger charge is -2.13. The molecule has 144 valence electrons. The first-order valence-electron chi connectivity index (χ1n) is 9.32. The van der Waals surface area contributed by atoms with E-state index >= 15 is 0 Å². The molecule has 0 atom stereocenters. The fourth-order valence-electron chi connectivity index (χ4n) is 3.30. The first-order chi connectivity index (χ1) is 14.0. The summed E-state index contributed by atoms with van der Waals surface area (Å²) in [6.45, 7) is 0. The maximum atomic E-state index is 12.5. The van der Waals surface area contributed by atoms with Gasteiger partial charge in [-0.2, -0.15) is 0 Å². The van der Waals surface area contributed by atoms with E-state index in [0.717, 1.165) is 22.2 Å². The molecule has 0 spiro atoms. The molecule has 0 bridgehead atoms. The van der Waals surface area contributed by atoms with Gasteiger partial charge in [0.1, 0.15) is 0 Å². The van der Waals surface area contributed by atoms with E-state index in [1.54, 1.807) is 6.20 Å². The molecule has 0 radical (unpaired) electrons. The fourth-order valence-corrected chi connectivity index (χ4v) is 3.30. The number of aromatic nitrogens is 1. The SMILES string of the molecule is CN(C)c1ccc(C(=O)Nc2ccc(-c3c[nH]c(=O)c4ccccc34)cc2)cc1. The molecule has 1 amide bonds. The summed E-state index contributed by atoms with van der Waals surface area (Å²) in [6, 6.07) is 22.6. The Hall–Kier alpha value is -3.86. The summed E-state index contributed by atoms with van der Waals surface area (Å²) < 4.78 is 0. The number of anilines is 2. The van der Waals surface area contributed by atoms with Crippen LogP contribution >= 0.6 is 0 Å². The molecule has 4 aromatic rings. The van der Waals surface area contributed by atoms with Crippen molar-refractivity contribution in [1.82, 2.24) is 4.98 Å². The van der Waals surface area contributed by atoms with Crippen LogP contribution in [0.25, 0.3) is 21.9 Å². The number of carbonyl (C=O) groups is 1. The Bertz CT molecular complexity index is 1220. The van der Waals surface area contributed by atoms with Gasteiger partial charge in [-0.3, -0.25) is 9.59 Å². The third-order valence-electron chi connectivity index (χ3n) is 4.91. The van der Waals surface area contributed by atoms with Gasteiger partial charge in [-0.1, -0.05) is 30.3 Å². The standard InChI is InChI=1S/C24H21N3O2/c1-27(2)19-13-9-17(10-14-19)23(28)26-18-11-7-16(8-12-18)22-15-25-24(29)21-6-4-3-5-20(21)22/h3-15H,1-2H3,(H,25,29)(H,26,28). The third-order valence-corrected chi connectivity index (χ3v) is 4.91. The first kappa shape index (κ1) is 18.5. The molecule has 2 N–H and O–H groups in total. The lowest BCUT2D eigenvalue weighted by molar-refractivity contribution is 0.102. The Morgan fingerprint density at radius 1 is 0.862 bits per heavy atom. The highest BCUT2D eigenvalue weighted by molar-refractivity contribution is 6.04. The molecule has 0 saturated heterocycles. The van der Waals surface area contributed by atoms with E-state index < -0.39 is 0 Å². The van der Waals surface area contributed by atoms with E-state index in [0.29, 0.717) is 16.6 Å². The van der Waals surface area contributed by atoms with Gasteiger partial charge in [-0.05, 0) is 53.4 Å². The summed E-state index contributed by atoms with van der Waals surface area (Å²) in [5, 5.41) is 4.47. The van der Waals surface area contributed by atoms with Crippen molar-refractivity contribution in [1.29, 1.82) is 0 Å². The van der Waals surface area contributed by atoms with Crippen molar-refractivity contribution in [2.75, 3.05) is 24.3 Å². The van der Waals surface area contributed by atoms with E-state index in [1.165, 1.54) is 0 Å². The number of aromatic amines is 1. The Balaban J connectivity index is 1.56. The van der Waals surface area contributed by atoms with Gasteiger partial charge in [0.2, 0.25) is 0 Å². The Kier molecular flexibility index (Phi) is 4.87. The van der Waals surface area contributed by atoms with Gasteiger partial charge in [0.15, 0.2) is 0 Å². The van der Waals surface area contributed by atoms with E-state index in [2.05, 4.69) is 10.3 Å². The number of hydrogen-bond donors (Lipinski definition) is 2. The van der Waals surface area contributed by atoms with Gasteiger partial charge in [0.25, 0.3) is 11.5 Å². The highest BCUT2D eigenvalue weighted by Crippen LogP contribution is 2.27. The van der Waals surface area contributed by atoms with Gasteiger partial charge in [-0.25, -0.2) is 0 Å². The van der Waals surface area contributed by atoms with E-state index in [4.69, 9.17) is 0 Å². The maximum Gasteiger partial charge on any atom is 0.255 e. The normalized spacial score (nSPS) is 10.7. The molecule has 4 rings (SSSR count). The van der Waals surface area contributed by atoms with Gasteiger partial charge in [-0.15, -0.1) is 0 Å². The zero-order chi connectivity index (χ0) is 20.4. The number of H-pyrrole nitrogens is 1. The number of nitrogens with one attached hydrogen (secondary N) is 2. The van der Waals surface area contributed by atoms with Crippen LogP contribution in [0.3, 0.4) is 0 Å². The van der Waals surface area contributed by atoms with Crippen molar-refractivity contribution in [3.05, 3.63) is 94.9 Å². The molecular formula is C24H21N3O2. The molecule has 0 aliphatic heterocycles. The molecule has 0 aliphatic rings. The van der Waals surface area contributed by atoms with Crippen molar-refractivity contribution in [2.24, 2.45) is 0 Å². The van der Waals surface area contributed by atoms with Gasteiger partial charge in [0.05, 0.1) is 0 Å². The Morgan fingerprint density at radius 2 is 1.52 bits per heavy atom. The second-order valence-electron chi connectivity index (χ2n) is 7.05. The second kappa shape index (κ2) is 7.64. The van der Waals surface area contributed by atoms with Crippen molar-refractivity contribution >= 4 is 28.1 Å². The molecule has 1 heterocycles. The van der Waals surface area contributed by atoms with Crippen LogP contribution in [-0.2, 0) is 0 Å². The minimum Gasteiger partial charge on any atom is -0.378 e. The molecule has 0 saturated carbocycles. The zero-order valence-corrected chi connectivity index (χ0v) is 16.3. The summed E-state index contributed by atoms with van der Waals surface area (Å²) in [5.74, 6) is -0.155. The minimum absolute atomic E-state index is 0.103. The Labute approximate surface area is 168 Å². The van der Waals surface area contributed by atoms with Crippen LogP contribution < -0.4 is 15.8 Å². The third kappa shape index (κ3) is 3.75. The van der Waals surface area contributed by atoms with Crippen LogP contribution in [0.4, 0.5) is 11.4 Å². The largest absolute Gasteiger partial charge is 0.378 e. The van der Waals surface area contributed by atoms with Crippen molar-refractivity contribution < 1.29 is 4.79 Å². The fraction of sp³-hybridized carbons (Fsp3) is 0.0833. The number of amides is 1. The number of hydrogen-bond acceptors (Lipinski definition) is 3. The van der Waals surface area contributed by atoms with E-state index in [9.17, 15) is 9.59 Å². The van der Waals surface area contributed by atoms with Crippen LogP contribution in [0.5, 0.6) is 0 Å². The number of pyridine rings is 1. The number of benzene rings is 3. The van der Waals surface area contributed by atoms with E-state index in [1.807, 2.05) is 91.8 Å². The topological polar surface area (TPSA) is 65.2 Å². The smallest absolute Gasteiger partial charge is 0.255 e. The molecule has 1 aromatic heterocycles. The number of carbonyl (C=O) groups excluding carboxylic acids is 1. The summed E-state index contributed by atoms with van der Waals surface area (Å²) in [4.78, 5) is 29.3. The molecule has 0 fully saturated rings. The average Bonchev–Trinajstić information content (AvgIpc) is 2.75. The summed E-state index contributed by atoms with van der Waals surface area (Å²) >= 11 is 0. The lowest BCUT2D eigenvalue weighted by Crippen LogP contribution is -2.13. The second-order valence-corrected chi connectivity index (χ2v) is 7.05.